The van der Waals surface area contributed by atoms with Crippen LogP contribution in [-0.2, 0) is 9.53 Å². The Morgan fingerprint density at radius 1 is 1.29 bits per heavy atom. The minimum atomic E-state index is -0.484. The van der Waals surface area contributed by atoms with Gasteiger partial charge in [-0.15, -0.1) is 0 Å². The largest absolute Gasteiger partial charge is 0.365 e. The van der Waals surface area contributed by atoms with E-state index in [4.69, 9.17) is 16.3 Å². The molecule has 1 unspecified atom stereocenters. The summed E-state index contributed by atoms with van der Waals surface area (Å²) in [7, 11) is 0. The van der Waals surface area contributed by atoms with Crippen molar-refractivity contribution in [1.29, 1.82) is 0 Å². The van der Waals surface area contributed by atoms with E-state index in [1.807, 2.05) is 31.2 Å². The van der Waals surface area contributed by atoms with Crippen LogP contribution >= 0.6 is 11.6 Å². The molecule has 150 valence electrons. The molecule has 0 spiro atoms. The fraction of sp³-hybridized carbons (Fsp3) is 0.524. The van der Waals surface area contributed by atoms with Gasteiger partial charge in [0, 0.05) is 29.9 Å². The van der Waals surface area contributed by atoms with Gasteiger partial charge in [0.05, 0.1) is 23.2 Å². The van der Waals surface area contributed by atoms with Gasteiger partial charge in [0.15, 0.2) is 6.10 Å². The average Bonchev–Trinajstić information content (AvgIpc) is 2.96. The third kappa shape index (κ3) is 4.24. The van der Waals surface area contributed by atoms with E-state index in [9.17, 15) is 4.79 Å². The van der Waals surface area contributed by atoms with Gasteiger partial charge in [0.2, 0.25) is 0 Å². The van der Waals surface area contributed by atoms with Gasteiger partial charge in [-0.05, 0) is 63.5 Å². The van der Waals surface area contributed by atoms with Crippen molar-refractivity contribution in [2.45, 2.75) is 44.4 Å². The minimum absolute atomic E-state index is 0.0140. The van der Waals surface area contributed by atoms with Crippen molar-refractivity contribution in [2.24, 2.45) is 0 Å². The van der Waals surface area contributed by atoms with Crippen LogP contribution in [0.1, 0.15) is 26.2 Å². The van der Waals surface area contributed by atoms with Crippen LogP contribution in [-0.4, -0.2) is 55.3 Å². The van der Waals surface area contributed by atoms with E-state index in [1.165, 1.54) is 0 Å². The maximum Gasteiger partial charge on any atom is 0.251 e. The van der Waals surface area contributed by atoms with Crippen molar-refractivity contribution in [3.05, 3.63) is 35.5 Å². The molecule has 0 bridgehead atoms. The lowest BCUT2D eigenvalue weighted by Crippen LogP contribution is -2.54. The number of nitrogens with zero attached hydrogens (tertiary/aromatic N) is 2. The number of benzene rings is 1. The second-order valence-corrected chi connectivity index (χ2v) is 8.10. The molecule has 2 aromatic rings. The summed E-state index contributed by atoms with van der Waals surface area (Å²) < 4.78 is 6.00. The molecule has 7 heteroatoms. The zero-order valence-electron chi connectivity index (χ0n) is 16.2. The number of hydrogen-bond acceptors (Lipinski definition) is 5. The number of fused-ring (bicyclic) bond motifs is 1. The number of carbonyl (C=O) groups is 1. The van der Waals surface area contributed by atoms with Crippen LogP contribution in [0, 0.1) is 0 Å². The molecule has 0 aliphatic carbocycles. The maximum absolute atomic E-state index is 12.9. The number of amides is 1. The SMILES string of the molecule is C[C@@H]1CN(c2ccc(Cl)c3ncccc23)C[C@H](C(=O)NC2CCCNCC2)O1. The highest BCUT2D eigenvalue weighted by Crippen LogP contribution is 2.32. The smallest absolute Gasteiger partial charge is 0.251 e. The minimum Gasteiger partial charge on any atom is -0.365 e. The molecule has 1 amide bonds. The zero-order chi connectivity index (χ0) is 19.5. The van der Waals surface area contributed by atoms with Crippen molar-refractivity contribution in [2.75, 3.05) is 31.1 Å². The van der Waals surface area contributed by atoms with Crippen LogP contribution < -0.4 is 15.5 Å². The first kappa shape index (κ1) is 19.4. The van der Waals surface area contributed by atoms with E-state index in [1.54, 1.807) is 6.20 Å². The normalized spacial score (nSPS) is 26.1. The fourth-order valence-electron chi connectivity index (χ4n) is 4.15. The summed E-state index contributed by atoms with van der Waals surface area (Å²) in [5, 5.41) is 8.22. The zero-order valence-corrected chi connectivity index (χ0v) is 16.9. The topological polar surface area (TPSA) is 66.5 Å². The van der Waals surface area contributed by atoms with Gasteiger partial charge >= 0.3 is 0 Å². The van der Waals surface area contributed by atoms with Crippen LogP contribution in [0.3, 0.4) is 0 Å². The summed E-state index contributed by atoms with van der Waals surface area (Å²) >= 11 is 6.32. The van der Waals surface area contributed by atoms with E-state index in [-0.39, 0.29) is 18.1 Å². The number of ether oxygens (including phenoxy) is 1. The highest BCUT2D eigenvalue weighted by molar-refractivity contribution is 6.35. The van der Waals surface area contributed by atoms with Gasteiger partial charge < -0.3 is 20.3 Å². The molecule has 3 atom stereocenters. The average molecular weight is 403 g/mol. The Kier molecular flexibility index (Phi) is 5.99. The van der Waals surface area contributed by atoms with Crippen molar-refractivity contribution >= 4 is 34.1 Å². The summed E-state index contributed by atoms with van der Waals surface area (Å²) in [6.45, 7) is 5.23. The predicted octanol–water partition coefficient (Wildman–Crippen LogP) is 2.74. The van der Waals surface area contributed by atoms with Crippen LogP contribution in [0.2, 0.25) is 5.02 Å². The fourth-order valence-corrected chi connectivity index (χ4v) is 4.36. The summed E-state index contributed by atoms with van der Waals surface area (Å²) in [6.07, 6.45) is 4.29. The predicted molar refractivity (Wildman–Crippen MR) is 112 cm³/mol. The van der Waals surface area contributed by atoms with E-state index < -0.39 is 6.10 Å². The molecule has 2 aliphatic heterocycles. The standard InChI is InChI=1S/C21H27ClN4O2/c1-14-12-26(18-7-6-17(22)20-16(18)5-3-10-24-20)13-19(28-14)21(27)25-15-4-2-9-23-11-8-15/h3,5-7,10,14-15,19,23H,2,4,8-9,11-13H2,1H3,(H,25,27)/t14-,15?,19-/m1/s1. The van der Waals surface area contributed by atoms with Crippen molar-refractivity contribution < 1.29 is 9.53 Å². The molecular weight excluding hydrogens is 376 g/mol. The third-order valence-electron chi connectivity index (χ3n) is 5.51. The molecule has 1 aromatic heterocycles. The highest BCUT2D eigenvalue weighted by atomic mass is 35.5. The first-order valence-electron chi connectivity index (χ1n) is 10.1. The summed E-state index contributed by atoms with van der Waals surface area (Å²) in [5.74, 6) is -0.0140. The quantitative estimate of drug-likeness (QED) is 0.826. The van der Waals surface area contributed by atoms with Crippen LogP contribution in [0.5, 0.6) is 0 Å². The Balaban J connectivity index is 1.52. The molecule has 2 N–H and O–H groups in total. The second-order valence-electron chi connectivity index (χ2n) is 7.69. The summed E-state index contributed by atoms with van der Waals surface area (Å²) in [6, 6.07) is 8.04. The molecule has 3 heterocycles. The van der Waals surface area contributed by atoms with Gasteiger partial charge in [-0.2, -0.15) is 0 Å². The summed E-state index contributed by atoms with van der Waals surface area (Å²) in [5.41, 5.74) is 1.83. The van der Waals surface area contributed by atoms with Crippen LogP contribution in [0.25, 0.3) is 10.9 Å². The van der Waals surface area contributed by atoms with Crippen LogP contribution in [0.15, 0.2) is 30.5 Å². The molecule has 0 radical (unpaired) electrons. The van der Waals surface area contributed by atoms with Crippen molar-refractivity contribution in [1.82, 2.24) is 15.6 Å². The van der Waals surface area contributed by atoms with Gasteiger partial charge in [-0.1, -0.05) is 11.6 Å². The number of pyridine rings is 1. The van der Waals surface area contributed by atoms with Gasteiger partial charge in [-0.25, -0.2) is 0 Å². The van der Waals surface area contributed by atoms with E-state index >= 15 is 0 Å². The number of morpholine rings is 1. The van der Waals surface area contributed by atoms with Gasteiger partial charge in [0.25, 0.3) is 5.91 Å². The lowest BCUT2D eigenvalue weighted by molar-refractivity contribution is -0.138. The first-order chi connectivity index (χ1) is 13.6. The van der Waals surface area contributed by atoms with E-state index in [0.717, 1.165) is 55.5 Å². The Bertz CT molecular complexity index is 838. The van der Waals surface area contributed by atoms with Crippen LogP contribution in [0.4, 0.5) is 5.69 Å². The Labute approximate surface area is 170 Å². The highest BCUT2D eigenvalue weighted by Gasteiger charge is 2.32. The lowest BCUT2D eigenvalue weighted by Gasteiger charge is -2.38. The number of halogens is 1. The Morgan fingerprint density at radius 3 is 3.07 bits per heavy atom. The monoisotopic (exact) mass is 402 g/mol. The molecule has 0 saturated carbocycles. The number of rotatable bonds is 3. The van der Waals surface area contributed by atoms with Crippen molar-refractivity contribution in [3.63, 3.8) is 0 Å². The number of carbonyl (C=O) groups excluding carboxylic acids is 1. The molecule has 4 rings (SSSR count). The van der Waals surface area contributed by atoms with Crippen molar-refractivity contribution in [3.8, 4) is 0 Å². The third-order valence-corrected chi connectivity index (χ3v) is 5.82. The van der Waals surface area contributed by atoms with Gasteiger partial charge in [0.1, 0.15) is 0 Å². The molecule has 2 aliphatic rings. The number of hydrogen-bond donors (Lipinski definition) is 2. The molecule has 2 saturated heterocycles. The number of nitrogens with one attached hydrogen (secondary N) is 2. The second kappa shape index (κ2) is 8.64. The Morgan fingerprint density at radius 2 is 2.18 bits per heavy atom. The lowest BCUT2D eigenvalue weighted by atomic mass is 10.1. The molecule has 28 heavy (non-hydrogen) atoms. The molecule has 6 nitrogen and oxygen atoms in total. The number of aromatic nitrogens is 1. The molecule has 2 fully saturated rings. The van der Waals surface area contributed by atoms with Gasteiger partial charge in [-0.3, -0.25) is 9.78 Å². The van der Waals surface area contributed by atoms with E-state index in [2.05, 4.69) is 20.5 Å². The summed E-state index contributed by atoms with van der Waals surface area (Å²) in [4.78, 5) is 19.5. The Hall–Kier alpha value is -1.89. The first-order valence-corrected chi connectivity index (χ1v) is 10.4. The van der Waals surface area contributed by atoms with E-state index in [0.29, 0.717) is 11.6 Å². The molecule has 1 aromatic carbocycles. The maximum atomic E-state index is 12.9. The molecular formula is C21H27ClN4O2. The number of anilines is 1.